The highest BCUT2D eigenvalue weighted by Gasteiger charge is 2.19. The summed E-state index contributed by atoms with van der Waals surface area (Å²) in [5.74, 6) is 2.14. The van der Waals surface area contributed by atoms with Gasteiger partial charge in [0.15, 0.2) is 22.1 Å². The van der Waals surface area contributed by atoms with Gasteiger partial charge in [-0.25, -0.2) is 0 Å². The number of nitrogens with zero attached hydrogens (tertiary/aromatic N) is 2. The lowest BCUT2D eigenvalue weighted by atomic mass is 10.1. The summed E-state index contributed by atoms with van der Waals surface area (Å²) in [6, 6.07) is 11.0. The molecule has 0 aliphatic heterocycles. The Morgan fingerprint density at radius 2 is 1.68 bits per heavy atom. The van der Waals surface area contributed by atoms with Crippen LogP contribution >= 0.6 is 23.8 Å². The molecule has 8 heteroatoms. The van der Waals surface area contributed by atoms with Gasteiger partial charge in [-0.1, -0.05) is 23.7 Å². The lowest BCUT2D eigenvalue weighted by Crippen LogP contribution is -2.00. The number of aromatic amines is 1. The number of rotatable bonds is 5. The van der Waals surface area contributed by atoms with Gasteiger partial charge >= 0.3 is 0 Å². The Bertz CT molecular complexity index is 943. The van der Waals surface area contributed by atoms with Crippen LogP contribution in [0.2, 0.25) is 5.02 Å². The van der Waals surface area contributed by atoms with Crippen molar-refractivity contribution in [3.8, 4) is 34.3 Å². The molecule has 0 fully saturated rings. The van der Waals surface area contributed by atoms with Gasteiger partial charge in [0.25, 0.3) is 0 Å². The van der Waals surface area contributed by atoms with Gasteiger partial charge in [-0.15, -0.1) is 0 Å². The molecule has 1 heterocycles. The van der Waals surface area contributed by atoms with Gasteiger partial charge in [0.2, 0.25) is 5.75 Å². The van der Waals surface area contributed by atoms with E-state index in [0.717, 1.165) is 11.3 Å². The van der Waals surface area contributed by atoms with Crippen LogP contribution < -0.4 is 14.2 Å². The van der Waals surface area contributed by atoms with Crippen LogP contribution in [0, 0.1) is 4.77 Å². The molecule has 3 aromatic rings. The molecule has 0 aliphatic rings. The van der Waals surface area contributed by atoms with E-state index in [1.54, 1.807) is 44.1 Å². The minimum atomic E-state index is 0.428. The zero-order valence-corrected chi connectivity index (χ0v) is 15.4. The molecule has 130 valence electrons. The first-order valence-corrected chi connectivity index (χ1v) is 8.12. The van der Waals surface area contributed by atoms with Crippen molar-refractivity contribution < 1.29 is 14.2 Å². The van der Waals surface area contributed by atoms with Gasteiger partial charge in [-0.2, -0.15) is 5.10 Å². The Morgan fingerprint density at radius 1 is 1.04 bits per heavy atom. The van der Waals surface area contributed by atoms with Crippen molar-refractivity contribution in [2.24, 2.45) is 0 Å². The average Bonchev–Trinajstić information content (AvgIpc) is 3.02. The fraction of sp³-hybridized carbons (Fsp3) is 0.176. The molecule has 25 heavy (non-hydrogen) atoms. The van der Waals surface area contributed by atoms with Gasteiger partial charge in [-0.05, 0) is 36.5 Å². The van der Waals surface area contributed by atoms with Crippen molar-refractivity contribution in [1.82, 2.24) is 14.8 Å². The number of H-pyrrole nitrogens is 1. The Balaban J connectivity index is 2.26. The first kappa shape index (κ1) is 17.3. The van der Waals surface area contributed by atoms with E-state index in [0.29, 0.717) is 32.9 Å². The SMILES string of the molecule is COc1cc(-c2n[nH]c(=S)n2-c2ccccc2Cl)cc(OC)c1OC. The predicted octanol–water partition coefficient (Wildman–Crippen LogP) is 4.28. The van der Waals surface area contributed by atoms with E-state index < -0.39 is 0 Å². The third kappa shape index (κ3) is 3.08. The van der Waals surface area contributed by atoms with Crippen LogP contribution in [0.5, 0.6) is 17.2 Å². The van der Waals surface area contributed by atoms with Crippen molar-refractivity contribution in [1.29, 1.82) is 0 Å². The maximum atomic E-state index is 6.33. The third-order valence-corrected chi connectivity index (χ3v) is 4.28. The molecule has 0 saturated heterocycles. The van der Waals surface area contributed by atoms with Gasteiger partial charge in [0, 0.05) is 5.56 Å². The fourth-order valence-electron chi connectivity index (χ4n) is 2.56. The highest BCUT2D eigenvalue weighted by Crippen LogP contribution is 2.41. The van der Waals surface area contributed by atoms with Crippen molar-refractivity contribution in [2.45, 2.75) is 0 Å². The maximum Gasteiger partial charge on any atom is 0.203 e. The Morgan fingerprint density at radius 3 is 2.24 bits per heavy atom. The second-order valence-electron chi connectivity index (χ2n) is 5.05. The van der Waals surface area contributed by atoms with Crippen LogP contribution in [-0.2, 0) is 0 Å². The van der Waals surface area contributed by atoms with Crippen LogP contribution in [0.1, 0.15) is 0 Å². The second kappa shape index (κ2) is 7.16. The molecule has 0 unspecified atom stereocenters. The minimum Gasteiger partial charge on any atom is -0.493 e. The molecule has 0 spiro atoms. The zero-order chi connectivity index (χ0) is 18.0. The summed E-state index contributed by atoms with van der Waals surface area (Å²) >= 11 is 11.7. The molecule has 1 N–H and O–H groups in total. The quantitative estimate of drug-likeness (QED) is 0.672. The normalized spacial score (nSPS) is 10.6. The number of aromatic nitrogens is 3. The summed E-state index contributed by atoms with van der Waals surface area (Å²) < 4.78 is 18.4. The third-order valence-electron chi connectivity index (χ3n) is 3.69. The zero-order valence-electron chi connectivity index (χ0n) is 13.9. The average molecular weight is 378 g/mol. The Kier molecular flexibility index (Phi) is 4.96. The molecule has 6 nitrogen and oxygen atoms in total. The van der Waals surface area contributed by atoms with Crippen LogP contribution in [0.4, 0.5) is 0 Å². The molecule has 0 saturated carbocycles. The molecule has 0 atom stereocenters. The summed E-state index contributed by atoms with van der Waals surface area (Å²) in [6.07, 6.45) is 0. The van der Waals surface area contributed by atoms with E-state index in [9.17, 15) is 0 Å². The standard InChI is InChI=1S/C17H16ClN3O3S/c1-22-13-8-10(9-14(23-2)15(13)24-3)16-19-20-17(25)21(16)12-7-5-4-6-11(12)18/h4-9H,1-3H3,(H,20,25). The molecular weight excluding hydrogens is 362 g/mol. The van der Waals surface area contributed by atoms with Crippen molar-refractivity contribution in [3.05, 3.63) is 46.2 Å². The number of methoxy groups -OCH3 is 3. The molecule has 1 aromatic heterocycles. The number of hydrogen-bond acceptors (Lipinski definition) is 5. The van der Waals surface area contributed by atoms with E-state index in [-0.39, 0.29) is 0 Å². The highest BCUT2D eigenvalue weighted by molar-refractivity contribution is 7.71. The molecule has 0 radical (unpaired) electrons. The summed E-state index contributed by atoms with van der Waals surface area (Å²) in [5, 5.41) is 7.72. The molecule has 0 bridgehead atoms. The molecule has 2 aromatic carbocycles. The van der Waals surface area contributed by atoms with Crippen molar-refractivity contribution in [3.63, 3.8) is 0 Å². The van der Waals surface area contributed by atoms with E-state index in [1.807, 2.05) is 18.2 Å². The van der Waals surface area contributed by atoms with E-state index >= 15 is 0 Å². The first-order chi connectivity index (χ1) is 12.1. The first-order valence-electron chi connectivity index (χ1n) is 7.33. The van der Waals surface area contributed by atoms with Crippen molar-refractivity contribution in [2.75, 3.05) is 21.3 Å². The highest BCUT2D eigenvalue weighted by atomic mass is 35.5. The summed E-state index contributed by atoms with van der Waals surface area (Å²) in [7, 11) is 4.68. The molecule has 0 aliphatic carbocycles. The molecule has 3 rings (SSSR count). The number of para-hydroxylation sites is 1. The number of benzene rings is 2. The van der Waals surface area contributed by atoms with Gasteiger partial charge in [0.05, 0.1) is 32.0 Å². The molecule has 0 amide bonds. The van der Waals surface area contributed by atoms with Gasteiger partial charge in [-0.3, -0.25) is 9.67 Å². The minimum absolute atomic E-state index is 0.428. The largest absolute Gasteiger partial charge is 0.493 e. The van der Waals surface area contributed by atoms with Crippen LogP contribution in [-0.4, -0.2) is 36.1 Å². The van der Waals surface area contributed by atoms with Crippen molar-refractivity contribution >= 4 is 23.8 Å². The monoisotopic (exact) mass is 377 g/mol. The lowest BCUT2D eigenvalue weighted by molar-refractivity contribution is 0.324. The van der Waals surface area contributed by atoms with Crippen LogP contribution in [0.15, 0.2) is 36.4 Å². The summed E-state index contributed by atoms with van der Waals surface area (Å²) in [6.45, 7) is 0. The van der Waals surface area contributed by atoms with E-state index in [2.05, 4.69) is 10.2 Å². The molecular formula is C17H16ClN3O3S. The number of nitrogens with one attached hydrogen (secondary N) is 1. The summed E-state index contributed by atoms with van der Waals surface area (Å²) in [4.78, 5) is 0. The smallest absolute Gasteiger partial charge is 0.203 e. The Labute approximate surface area is 154 Å². The Hall–Kier alpha value is -2.51. The lowest BCUT2D eigenvalue weighted by Gasteiger charge is -2.14. The fourth-order valence-corrected chi connectivity index (χ4v) is 3.01. The maximum absolute atomic E-state index is 6.33. The van der Waals surface area contributed by atoms with Crippen LogP contribution in [0.25, 0.3) is 17.1 Å². The van der Waals surface area contributed by atoms with Gasteiger partial charge < -0.3 is 14.2 Å². The van der Waals surface area contributed by atoms with Gasteiger partial charge in [0.1, 0.15) is 0 Å². The topological polar surface area (TPSA) is 61.3 Å². The van der Waals surface area contributed by atoms with Crippen LogP contribution in [0.3, 0.4) is 0 Å². The second-order valence-corrected chi connectivity index (χ2v) is 5.85. The number of hydrogen-bond donors (Lipinski definition) is 1. The number of halogens is 1. The number of ether oxygens (including phenoxy) is 3. The van der Waals surface area contributed by atoms with E-state index in [4.69, 9.17) is 38.0 Å². The van der Waals surface area contributed by atoms with E-state index in [1.165, 1.54) is 0 Å². The summed E-state index contributed by atoms with van der Waals surface area (Å²) in [5.41, 5.74) is 1.47. The predicted molar refractivity (Wildman–Crippen MR) is 98.9 cm³/mol.